The van der Waals surface area contributed by atoms with Crippen LogP contribution in [0, 0.1) is 11.8 Å². The Morgan fingerprint density at radius 2 is 2.12 bits per heavy atom. The van der Waals surface area contributed by atoms with Crippen molar-refractivity contribution in [2.45, 2.75) is 26.7 Å². The van der Waals surface area contributed by atoms with Gasteiger partial charge in [0.1, 0.15) is 0 Å². The van der Waals surface area contributed by atoms with Crippen LogP contribution in [0.4, 0.5) is 0 Å². The van der Waals surface area contributed by atoms with Gasteiger partial charge in [0.15, 0.2) is 0 Å². The molecule has 1 aromatic rings. The number of halogens is 1. The second kappa shape index (κ2) is 5.90. The molecule has 0 aromatic heterocycles. The Balaban J connectivity index is 2.71. The molecule has 0 amide bonds. The third kappa shape index (κ3) is 4.23. The van der Waals surface area contributed by atoms with E-state index in [0.717, 1.165) is 5.56 Å². The predicted octanol–water partition coefficient (Wildman–Crippen LogP) is 3.63. The fourth-order valence-corrected chi connectivity index (χ4v) is 2.00. The van der Waals surface area contributed by atoms with Crippen LogP contribution < -0.4 is 0 Å². The van der Waals surface area contributed by atoms with Crippen molar-refractivity contribution in [3.05, 3.63) is 34.9 Å². The van der Waals surface area contributed by atoms with E-state index in [-0.39, 0.29) is 5.92 Å². The Morgan fingerprint density at radius 1 is 1.44 bits per heavy atom. The maximum Gasteiger partial charge on any atom is 0.306 e. The molecule has 1 atom stereocenters. The van der Waals surface area contributed by atoms with E-state index < -0.39 is 5.97 Å². The molecule has 0 radical (unpaired) electrons. The first-order valence-electron chi connectivity index (χ1n) is 5.46. The zero-order chi connectivity index (χ0) is 12.1. The van der Waals surface area contributed by atoms with Crippen molar-refractivity contribution < 1.29 is 9.90 Å². The number of hydrogen-bond acceptors (Lipinski definition) is 1. The predicted molar refractivity (Wildman–Crippen MR) is 65.7 cm³/mol. The number of carboxylic acids is 1. The second-order valence-corrected chi connectivity index (χ2v) is 4.94. The molecule has 0 spiro atoms. The largest absolute Gasteiger partial charge is 0.481 e. The number of carboxylic acid groups (broad SMARTS) is 1. The highest BCUT2D eigenvalue weighted by atomic mass is 35.5. The van der Waals surface area contributed by atoms with E-state index in [1.807, 2.05) is 32.0 Å². The van der Waals surface area contributed by atoms with Gasteiger partial charge in [-0.25, -0.2) is 0 Å². The molecule has 0 saturated heterocycles. The third-order valence-electron chi connectivity index (χ3n) is 2.48. The number of hydrogen-bond donors (Lipinski definition) is 1. The van der Waals surface area contributed by atoms with Gasteiger partial charge in [-0.2, -0.15) is 0 Å². The van der Waals surface area contributed by atoms with Crippen LogP contribution >= 0.6 is 11.6 Å². The highest BCUT2D eigenvalue weighted by Gasteiger charge is 2.19. The van der Waals surface area contributed by atoms with E-state index in [2.05, 4.69) is 0 Å². The number of rotatable bonds is 5. The molecule has 0 fully saturated rings. The molecule has 3 heteroatoms. The topological polar surface area (TPSA) is 37.3 Å². The van der Waals surface area contributed by atoms with E-state index >= 15 is 0 Å². The number of carbonyl (C=O) groups is 1. The van der Waals surface area contributed by atoms with Gasteiger partial charge in [-0.1, -0.05) is 37.6 Å². The highest BCUT2D eigenvalue weighted by molar-refractivity contribution is 6.30. The fourth-order valence-electron chi connectivity index (χ4n) is 1.79. The Labute approximate surface area is 101 Å². The quantitative estimate of drug-likeness (QED) is 0.853. The fraction of sp³-hybridized carbons (Fsp3) is 0.462. The summed E-state index contributed by atoms with van der Waals surface area (Å²) in [5.41, 5.74) is 0.987. The van der Waals surface area contributed by atoms with Crippen LogP contribution in [0.3, 0.4) is 0 Å². The summed E-state index contributed by atoms with van der Waals surface area (Å²) in [7, 11) is 0. The molecular weight excluding hydrogens is 224 g/mol. The zero-order valence-electron chi connectivity index (χ0n) is 9.61. The molecule has 88 valence electrons. The Bertz CT molecular complexity index is 361. The van der Waals surface area contributed by atoms with Gasteiger partial charge in [0.2, 0.25) is 0 Å². The summed E-state index contributed by atoms with van der Waals surface area (Å²) in [6, 6.07) is 7.40. The van der Waals surface area contributed by atoms with E-state index in [1.165, 1.54) is 0 Å². The molecular formula is C13H17ClO2. The summed E-state index contributed by atoms with van der Waals surface area (Å²) in [6.45, 7) is 4.07. The van der Waals surface area contributed by atoms with Crippen LogP contribution in [0.5, 0.6) is 0 Å². The average molecular weight is 241 g/mol. The first-order valence-corrected chi connectivity index (χ1v) is 5.84. The van der Waals surface area contributed by atoms with Crippen LogP contribution in [-0.4, -0.2) is 11.1 Å². The highest BCUT2D eigenvalue weighted by Crippen LogP contribution is 2.19. The number of benzene rings is 1. The van der Waals surface area contributed by atoms with Crippen molar-refractivity contribution >= 4 is 17.6 Å². The molecule has 1 aromatic carbocycles. The van der Waals surface area contributed by atoms with Crippen molar-refractivity contribution in [3.63, 3.8) is 0 Å². The smallest absolute Gasteiger partial charge is 0.306 e. The van der Waals surface area contributed by atoms with Crippen LogP contribution in [-0.2, 0) is 11.2 Å². The molecule has 0 aliphatic carbocycles. The SMILES string of the molecule is CC(C)CC(Cc1cccc(Cl)c1)C(=O)O. The van der Waals surface area contributed by atoms with Gasteiger partial charge in [-0.15, -0.1) is 0 Å². The third-order valence-corrected chi connectivity index (χ3v) is 2.71. The van der Waals surface area contributed by atoms with Crippen LogP contribution in [0.2, 0.25) is 5.02 Å². The van der Waals surface area contributed by atoms with E-state index in [1.54, 1.807) is 6.07 Å². The summed E-state index contributed by atoms with van der Waals surface area (Å²) in [4.78, 5) is 11.1. The molecule has 1 rings (SSSR count). The minimum atomic E-state index is -0.728. The average Bonchev–Trinajstić information content (AvgIpc) is 2.15. The van der Waals surface area contributed by atoms with Crippen molar-refractivity contribution in [1.82, 2.24) is 0 Å². The lowest BCUT2D eigenvalue weighted by molar-refractivity contribution is -0.142. The van der Waals surface area contributed by atoms with Gasteiger partial charge in [0, 0.05) is 5.02 Å². The summed E-state index contributed by atoms with van der Waals surface area (Å²) in [6.07, 6.45) is 1.25. The van der Waals surface area contributed by atoms with Gasteiger partial charge in [0.05, 0.1) is 5.92 Å². The van der Waals surface area contributed by atoms with Crippen molar-refractivity contribution in [2.24, 2.45) is 11.8 Å². The van der Waals surface area contributed by atoms with Crippen LogP contribution in [0.1, 0.15) is 25.8 Å². The zero-order valence-corrected chi connectivity index (χ0v) is 10.4. The lowest BCUT2D eigenvalue weighted by atomic mass is 9.91. The van der Waals surface area contributed by atoms with Crippen molar-refractivity contribution in [2.75, 3.05) is 0 Å². The molecule has 0 aliphatic rings. The Morgan fingerprint density at radius 3 is 2.62 bits per heavy atom. The monoisotopic (exact) mass is 240 g/mol. The van der Waals surface area contributed by atoms with Crippen molar-refractivity contribution in [1.29, 1.82) is 0 Å². The lowest BCUT2D eigenvalue weighted by Gasteiger charge is -2.14. The Hall–Kier alpha value is -1.02. The molecule has 1 N–H and O–H groups in total. The van der Waals surface area contributed by atoms with E-state index in [0.29, 0.717) is 23.8 Å². The minimum absolute atomic E-state index is 0.321. The minimum Gasteiger partial charge on any atom is -0.481 e. The first-order chi connectivity index (χ1) is 7.49. The summed E-state index contributed by atoms with van der Waals surface area (Å²) >= 11 is 5.87. The molecule has 1 unspecified atom stereocenters. The van der Waals surface area contributed by atoms with E-state index in [4.69, 9.17) is 16.7 Å². The van der Waals surface area contributed by atoms with Gasteiger partial charge in [0.25, 0.3) is 0 Å². The molecule has 0 bridgehead atoms. The standard InChI is InChI=1S/C13H17ClO2/c1-9(2)6-11(13(15)16)7-10-4-3-5-12(14)8-10/h3-5,8-9,11H,6-7H2,1-2H3,(H,15,16). The first kappa shape index (κ1) is 13.0. The maximum atomic E-state index is 11.1. The maximum absolute atomic E-state index is 11.1. The molecule has 2 nitrogen and oxygen atoms in total. The van der Waals surface area contributed by atoms with Gasteiger partial charge in [-0.3, -0.25) is 4.79 Å². The normalized spacial score (nSPS) is 12.8. The van der Waals surface area contributed by atoms with Gasteiger partial charge < -0.3 is 5.11 Å². The second-order valence-electron chi connectivity index (χ2n) is 4.50. The summed E-state index contributed by atoms with van der Waals surface area (Å²) in [5.74, 6) is -0.660. The molecule has 0 saturated carbocycles. The van der Waals surface area contributed by atoms with Gasteiger partial charge >= 0.3 is 5.97 Å². The van der Waals surface area contributed by atoms with Crippen LogP contribution in [0.25, 0.3) is 0 Å². The van der Waals surface area contributed by atoms with Crippen LogP contribution in [0.15, 0.2) is 24.3 Å². The summed E-state index contributed by atoms with van der Waals surface area (Å²) < 4.78 is 0. The van der Waals surface area contributed by atoms with E-state index in [9.17, 15) is 4.79 Å². The summed E-state index contributed by atoms with van der Waals surface area (Å²) in [5, 5.41) is 9.78. The lowest BCUT2D eigenvalue weighted by Crippen LogP contribution is -2.18. The van der Waals surface area contributed by atoms with Gasteiger partial charge in [-0.05, 0) is 36.5 Å². The number of aliphatic carboxylic acids is 1. The molecule has 0 aliphatic heterocycles. The molecule has 16 heavy (non-hydrogen) atoms. The van der Waals surface area contributed by atoms with Crippen molar-refractivity contribution in [3.8, 4) is 0 Å². The molecule has 0 heterocycles. The Kier molecular flexibility index (Phi) is 4.81.